The fourth-order valence-corrected chi connectivity index (χ4v) is 5.41. The van der Waals surface area contributed by atoms with Crippen LogP contribution in [0.15, 0.2) is 46.9 Å². The summed E-state index contributed by atoms with van der Waals surface area (Å²) in [7, 11) is 0. The Hall–Kier alpha value is -3.27. The maximum atomic E-state index is 13.0. The van der Waals surface area contributed by atoms with E-state index in [1.54, 1.807) is 0 Å². The lowest BCUT2D eigenvalue weighted by Gasteiger charge is -2.22. The van der Waals surface area contributed by atoms with E-state index in [-0.39, 0.29) is 11.9 Å². The molecule has 170 valence electrons. The molecular formula is C29H32N2O2. The molecule has 1 atom stereocenters. The van der Waals surface area contributed by atoms with Gasteiger partial charge in [0.1, 0.15) is 11.5 Å². The highest BCUT2D eigenvalue weighted by Crippen LogP contribution is 2.41. The van der Waals surface area contributed by atoms with Crippen LogP contribution in [0.25, 0.3) is 11.6 Å². The Morgan fingerprint density at radius 1 is 1.12 bits per heavy atom. The molecule has 2 heterocycles. The van der Waals surface area contributed by atoms with Gasteiger partial charge in [0.15, 0.2) is 0 Å². The van der Waals surface area contributed by atoms with Crippen molar-refractivity contribution in [1.29, 1.82) is 0 Å². The van der Waals surface area contributed by atoms with Crippen LogP contribution in [-0.4, -0.2) is 5.91 Å². The molecule has 1 amide bonds. The molecule has 2 aromatic carbocycles. The van der Waals surface area contributed by atoms with Gasteiger partial charge in [0.05, 0.1) is 11.6 Å². The fraction of sp³-hybridized carbons (Fsp3) is 0.345. The number of amides is 1. The van der Waals surface area contributed by atoms with Gasteiger partial charge in [-0.3, -0.25) is 4.79 Å². The summed E-state index contributed by atoms with van der Waals surface area (Å²) in [5.41, 5.74) is 8.53. The molecule has 1 aromatic heterocycles. The monoisotopic (exact) mass is 440 g/mol. The van der Waals surface area contributed by atoms with E-state index < -0.39 is 0 Å². The molecule has 5 rings (SSSR count). The fourth-order valence-electron chi connectivity index (χ4n) is 5.41. The van der Waals surface area contributed by atoms with E-state index >= 15 is 0 Å². The van der Waals surface area contributed by atoms with Gasteiger partial charge in [-0.1, -0.05) is 37.6 Å². The van der Waals surface area contributed by atoms with Crippen molar-refractivity contribution >= 4 is 28.9 Å². The van der Waals surface area contributed by atoms with Crippen molar-refractivity contribution in [1.82, 2.24) is 0 Å². The highest BCUT2D eigenvalue weighted by Gasteiger charge is 2.31. The summed E-state index contributed by atoms with van der Waals surface area (Å²) in [6.07, 6.45) is 8.39. The molecule has 4 nitrogen and oxygen atoms in total. The van der Waals surface area contributed by atoms with Gasteiger partial charge in [-0.25, -0.2) is 0 Å². The molecule has 4 heteroatoms. The lowest BCUT2D eigenvalue weighted by atomic mass is 9.89. The SMILES string of the molecule is CCCC(Nc1ccccc1)c1c(C=C2C(=O)Nc3cc(C)cc(C)c32)oc2c1CCCC2. The van der Waals surface area contributed by atoms with Gasteiger partial charge in [-0.2, -0.15) is 0 Å². The summed E-state index contributed by atoms with van der Waals surface area (Å²) < 4.78 is 6.49. The second kappa shape index (κ2) is 8.93. The molecule has 0 fully saturated rings. The summed E-state index contributed by atoms with van der Waals surface area (Å²) in [4.78, 5) is 13.0. The molecule has 1 aliphatic carbocycles. The average molecular weight is 441 g/mol. The van der Waals surface area contributed by atoms with Crippen LogP contribution >= 0.6 is 0 Å². The standard InChI is InChI=1S/C29H32N2O2/c1-4-10-23(30-20-11-6-5-7-12-20)28-21-13-8-9-14-25(21)33-26(28)17-22-27-19(3)15-18(2)16-24(27)31-29(22)32/h5-7,11-12,15-17,23,30H,4,8-10,13-14H2,1-3H3,(H,31,32). The van der Waals surface area contributed by atoms with Crippen molar-refractivity contribution in [2.75, 3.05) is 10.6 Å². The first kappa shape index (κ1) is 21.6. The number of para-hydroxylation sites is 1. The van der Waals surface area contributed by atoms with Crippen LogP contribution in [0, 0.1) is 13.8 Å². The lowest BCUT2D eigenvalue weighted by Crippen LogP contribution is -2.14. The van der Waals surface area contributed by atoms with E-state index in [4.69, 9.17) is 4.42 Å². The van der Waals surface area contributed by atoms with E-state index in [1.165, 1.54) is 17.5 Å². The van der Waals surface area contributed by atoms with Crippen LogP contribution in [0.1, 0.15) is 78.0 Å². The number of carbonyl (C=O) groups is 1. The minimum Gasteiger partial charge on any atom is -0.461 e. The van der Waals surface area contributed by atoms with Crippen molar-refractivity contribution in [3.8, 4) is 0 Å². The van der Waals surface area contributed by atoms with E-state index in [1.807, 2.05) is 18.2 Å². The predicted molar refractivity (Wildman–Crippen MR) is 135 cm³/mol. The Balaban J connectivity index is 1.64. The summed E-state index contributed by atoms with van der Waals surface area (Å²) in [6, 6.07) is 14.7. The molecular weight excluding hydrogens is 408 g/mol. The second-order valence-corrected chi connectivity index (χ2v) is 9.36. The third-order valence-corrected chi connectivity index (χ3v) is 6.80. The maximum absolute atomic E-state index is 13.0. The van der Waals surface area contributed by atoms with Gasteiger partial charge >= 0.3 is 0 Å². The molecule has 2 N–H and O–H groups in total. The van der Waals surface area contributed by atoms with Crippen LogP contribution in [0.4, 0.5) is 11.4 Å². The van der Waals surface area contributed by atoms with E-state index in [0.717, 1.165) is 71.7 Å². The van der Waals surface area contributed by atoms with Crippen LogP contribution in [0.5, 0.6) is 0 Å². The number of carbonyl (C=O) groups excluding carboxylic acids is 1. The number of aryl methyl sites for hydroxylation is 3. The molecule has 0 spiro atoms. The summed E-state index contributed by atoms with van der Waals surface area (Å²) >= 11 is 0. The van der Waals surface area contributed by atoms with Crippen molar-refractivity contribution < 1.29 is 9.21 Å². The Labute approximate surface area is 196 Å². The molecule has 2 aliphatic rings. The normalized spacial score (nSPS) is 16.9. The summed E-state index contributed by atoms with van der Waals surface area (Å²) in [5.74, 6) is 1.88. The van der Waals surface area contributed by atoms with Crippen LogP contribution in [0.3, 0.4) is 0 Å². The van der Waals surface area contributed by atoms with E-state index in [0.29, 0.717) is 5.57 Å². The quantitative estimate of drug-likeness (QED) is 0.398. The van der Waals surface area contributed by atoms with Gasteiger partial charge < -0.3 is 15.1 Å². The van der Waals surface area contributed by atoms with Gasteiger partial charge in [-0.15, -0.1) is 0 Å². The second-order valence-electron chi connectivity index (χ2n) is 9.36. The first-order valence-electron chi connectivity index (χ1n) is 12.2. The van der Waals surface area contributed by atoms with Gasteiger partial charge in [-0.05, 0) is 80.5 Å². The zero-order chi connectivity index (χ0) is 22.9. The number of furan rings is 1. The van der Waals surface area contributed by atoms with Crippen LogP contribution in [0.2, 0.25) is 0 Å². The summed E-state index contributed by atoms with van der Waals surface area (Å²) in [5, 5.41) is 6.82. The number of anilines is 2. The zero-order valence-corrected chi connectivity index (χ0v) is 19.8. The van der Waals surface area contributed by atoms with Crippen molar-refractivity contribution in [3.05, 3.63) is 81.8 Å². The third-order valence-electron chi connectivity index (χ3n) is 6.80. The number of hydrogen-bond donors (Lipinski definition) is 2. The predicted octanol–water partition coefficient (Wildman–Crippen LogP) is 7.22. The molecule has 0 saturated heterocycles. The van der Waals surface area contributed by atoms with Gasteiger partial charge in [0, 0.05) is 28.9 Å². The Bertz CT molecular complexity index is 1220. The van der Waals surface area contributed by atoms with Gasteiger partial charge in [0.2, 0.25) is 0 Å². The summed E-state index contributed by atoms with van der Waals surface area (Å²) in [6.45, 7) is 6.35. The Morgan fingerprint density at radius 2 is 1.91 bits per heavy atom. The lowest BCUT2D eigenvalue weighted by molar-refractivity contribution is -0.110. The Kier molecular flexibility index (Phi) is 5.84. The first-order chi connectivity index (χ1) is 16.0. The topological polar surface area (TPSA) is 54.3 Å². The maximum Gasteiger partial charge on any atom is 0.256 e. The van der Waals surface area contributed by atoms with Crippen LogP contribution < -0.4 is 10.6 Å². The minimum atomic E-state index is -0.0536. The van der Waals surface area contributed by atoms with Gasteiger partial charge in [0.25, 0.3) is 5.91 Å². The highest BCUT2D eigenvalue weighted by atomic mass is 16.3. The number of hydrogen-bond acceptors (Lipinski definition) is 3. The Morgan fingerprint density at radius 3 is 2.70 bits per heavy atom. The smallest absolute Gasteiger partial charge is 0.256 e. The van der Waals surface area contributed by atoms with Crippen molar-refractivity contribution in [2.24, 2.45) is 0 Å². The largest absolute Gasteiger partial charge is 0.461 e. The number of benzene rings is 2. The molecule has 33 heavy (non-hydrogen) atoms. The average Bonchev–Trinajstić information content (AvgIpc) is 3.31. The number of fused-ring (bicyclic) bond motifs is 2. The first-order valence-corrected chi connectivity index (χ1v) is 12.2. The molecule has 1 unspecified atom stereocenters. The molecule has 3 aromatic rings. The molecule has 0 radical (unpaired) electrons. The van der Waals surface area contributed by atoms with Crippen molar-refractivity contribution in [2.45, 2.75) is 65.3 Å². The van der Waals surface area contributed by atoms with E-state index in [2.05, 4.69) is 61.7 Å². The van der Waals surface area contributed by atoms with Crippen LogP contribution in [-0.2, 0) is 17.6 Å². The molecule has 0 bridgehead atoms. The van der Waals surface area contributed by atoms with Crippen molar-refractivity contribution in [3.63, 3.8) is 0 Å². The number of rotatable bonds is 6. The molecule has 0 saturated carbocycles. The number of nitrogens with one attached hydrogen (secondary N) is 2. The minimum absolute atomic E-state index is 0.0536. The molecule has 1 aliphatic heterocycles. The zero-order valence-electron chi connectivity index (χ0n) is 19.8. The highest BCUT2D eigenvalue weighted by molar-refractivity contribution is 6.35. The van der Waals surface area contributed by atoms with E-state index in [9.17, 15) is 4.79 Å². The third kappa shape index (κ3) is 4.10.